The molecule has 0 radical (unpaired) electrons. The summed E-state index contributed by atoms with van der Waals surface area (Å²) in [4.78, 5) is 15.1. The maximum absolute atomic E-state index is 11.2. The van der Waals surface area contributed by atoms with E-state index in [-0.39, 0.29) is 5.91 Å². The van der Waals surface area contributed by atoms with Crippen LogP contribution in [0.1, 0.15) is 6.92 Å². The van der Waals surface area contributed by atoms with Crippen molar-refractivity contribution in [1.82, 2.24) is 9.80 Å². The normalized spacial score (nSPS) is 15.3. The van der Waals surface area contributed by atoms with Crippen LogP contribution in [-0.2, 0) is 4.79 Å². The molecule has 4 nitrogen and oxygen atoms in total. The molecule has 0 saturated carbocycles. The lowest BCUT2D eigenvalue weighted by atomic mass is 10.3. The summed E-state index contributed by atoms with van der Waals surface area (Å²) in [6.45, 7) is 4.54. The zero-order valence-corrected chi connectivity index (χ0v) is 12.3. The van der Waals surface area contributed by atoms with Crippen LogP contribution in [0.4, 0.5) is 5.69 Å². The number of carbonyl (C=O) groups is 1. The zero-order valence-electron chi connectivity index (χ0n) is 10.7. The Morgan fingerprint density at radius 2 is 1.89 bits per heavy atom. The van der Waals surface area contributed by atoms with Gasteiger partial charge in [0.15, 0.2) is 5.11 Å². The lowest BCUT2D eigenvalue weighted by Crippen LogP contribution is -2.51. The molecule has 1 saturated heterocycles. The number of thiocarbonyl (C=S) groups is 1. The van der Waals surface area contributed by atoms with E-state index in [1.807, 2.05) is 29.2 Å². The van der Waals surface area contributed by atoms with Gasteiger partial charge in [0.1, 0.15) is 0 Å². The van der Waals surface area contributed by atoms with Gasteiger partial charge >= 0.3 is 0 Å². The molecule has 19 heavy (non-hydrogen) atoms. The molecule has 1 heterocycles. The van der Waals surface area contributed by atoms with Gasteiger partial charge in [-0.1, -0.05) is 17.7 Å². The van der Waals surface area contributed by atoms with Gasteiger partial charge in [-0.2, -0.15) is 0 Å². The third-order valence-corrected chi connectivity index (χ3v) is 3.68. The molecule has 1 aliphatic rings. The minimum Gasteiger partial charge on any atom is -0.345 e. The van der Waals surface area contributed by atoms with Crippen LogP contribution < -0.4 is 5.32 Å². The minimum atomic E-state index is 0.119. The molecule has 0 aromatic heterocycles. The highest BCUT2D eigenvalue weighted by molar-refractivity contribution is 7.80. The van der Waals surface area contributed by atoms with Crippen LogP contribution in [0.3, 0.4) is 0 Å². The van der Waals surface area contributed by atoms with E-state index >= 15 is 0 Å². The van der Waals surface area contributed by atoms with Crippen molar-refractivity contribution < 1.29 is 4.79 Å². The summed E-state index contributed by atoms with van der Waals surface area (Å²) in [6, 6.07) is 7.45. The molecule has 1 aromatic rings. The molecule has 6 heteroatoms. The maximum atomic E-state index is 11.2. The maximum Gasteiger partial charge on any atom is 0.219 e. The fourth-order valence-electron chi connectivity index (χ4n) is 1.99. The van der Waals surface area contributed by atoms with Gasteiger partial charge in [-0.25, -0.2) is 0 Å². The molecule has 1 aromatic carbocycles. The predicted octanol–water partition coefficient (Wildman–Crippen LogP) is 2.20. The van der Waals surface area contributed by atoms with Crippen molar-refractivity contribution in [2.75, 3.05) is 31.5 Å². The number of carbonyl (C=O) groups excluding carboxylic acids is 1. The monoisotopic (exact) mass is 297 g/mol. The first-order chi connectivity index (χ1) is 9.06. The minimum absolute atomic E-state index is 0.119. The van der Waals surface area contributed by atoms with Gasteiger partial charge < -0.3 is 15.1 Å². The molecular formula is C13H16ClN3OS. The molecule has 0 bridgehead atoms. The largest absolute Gasteiger partial charge is 0.345 e. The van der Waals surface area contributed by atoms with E-state index < -0.39 is 0 Å². The molecule has 2 rings (SSSR count). The van der Waals surface area contributed by atoms with Crippen LogP contribution in [-0.4, -0.2) is 47.0 Å². The third kappa shape index (κ3) is 3.81. The highest BCUT2D eigenvalue weighted by atomic mass is 35.5. The van der Waals surface area contributed by atoms with E-state index in [0.29, 0.717) is 23.2 Å². The Hall–Kier alpha value is -1.33. The SMILES string of the molecule is CC(=O)N1CCN(C(=S)Nc2cccc(Cl)c2)CC1. The molecule has 0 unspecified atom stereocenters. The molecule has 102 valence electrons. The number of piperazine rings is 1. The van der Waals surface area contributed by atoms with Crippen LogP contribution in [0.5, 0.6) is 0 Å². The van der Waals surface area contributed by atoms with Gasteiger partial charge in [-0.05, 0) is 30.4 Å². The topological polar surface area (TPSA) is 35.6 Å². The number of amides is 1. The summed E-state index contributed by atoms with van der Waals surface area (Å²) in [6.07, 6.45) is 0. The van der Waals surface area contributed by atoms with Gasteiger partial charge in [0.05, 0.1) is 0 Å². The fraction of sp³-hybridized carbons (Fsp3) is 0.385. The van der Waals surface area contributed by atoms with E-state index in [9.17, 15) is 4.79 Å². The lowest BCUT2D eigenvalue weighted by Gasteiger charge is -2.35. The van der Waals surface area contributed by atoms with Crippen molar-refractivity contribution in [2.24, 2.45) is 0 Å². The average molecular weight is 298 g/mol. The molecule has 0 aliphatic carbocycles. The Morgan fingerprint density at radius 3 is 2.47 bits per heavy atom. The Bertz CT molecular complexity index is 487. The van der Waals surface area contributed by atoms with Crippen LogP contribution >= 0.6 is 23.8 Å². The van der Waals surface area contributed by atoms with Crippen molar-refractivity contribution >= 4 is 40.5 Å². The molecule has 1 aliphatic heterocycles. The predicted molar refractivity (Wildman–Crippen MR) is 81.5 cm³/mol. The van der Waals surface area contributed by atoms with E-state index in [1.165, 1.54) is 0 Å². The van der Waals surface area contributed by atoms with Gasteiger partial charge in [-0.15, -0.1) is 0 Å². The molecule has 0 atom stereocenters. The van der Waals surface area contributed by atoms with Crippen LogP contribution in [0.15, 0.2) is 24.3 Å². The van der Waals surface area contributed by atoms with Gasteiger partial charge in [0.25, 0.3) is 0 Å². The Kier molecular flexibility index (Phi) is 4.61. The van der Waals surface area contributed by atoms with Crippen LogP contribution in [0, 0.1) is 0 Å². The standard InChI is InChI=1S/C13H16ClN3OS/c1-10(18)16-5-7-17(8-6-16)13(19)15-12-4-2-3-11(14)9-12/h2-4,9H,5-8H2,1H3,(H,15,19). The number of anilines is 1. The number of hydrogen-bond donors (Lipinski definition) is 1. The summed E-state index contributed by atoms with van der Waals surface area (Å²) in [5, 5.41) is 4.51. The summed E-state index contributed by atoms with van der Waals surface area (Å²) < 4.78 is 0. The molecule has 1 amide bonds. The average Bonchev–Trinajstić information content (AvgIpc) is 2.39. The van der Waals surface area contributed by atoms with E-state index in [1.54, 1.807) is 6.92 Å². The van der Waals surface area contributed by atoms with Gasteiger partial charge in [-0.3, -0.25) is 4.79 Å². The summed E-state index contributed by atoms with van der Waals surface area (Å²) in [5.74, 6) is 0.119. The third-order valence-electron chi connectivity index (χ3n) is 3.09. The van der Waals surface area contributed by atoms with Crippen LogP contribution in [0.25, 0.3) is 0 Å². The smallest absolute Gasteiger partial charge is 0.219 e. The second kappa shape index (κ2) is 6.21. The zero-order chi connectivity index (χ0) is 13.8. The molecule has 1 fully saturated rings. The highest BCUT2D eigenvalue weighted by Crippen LogP contribution is 2.15. The Morgan fingerprint density at radius 1 is 1.26 bits per heavy atom. The second-order valence-corrected chi connectivity index (χ2v) is 5.26. The van der Waals surface area contributed by atoms with E-state index in [2.05, 4.69) is 10.2 Å². The molecular weight excluding hydrogens is 282 g/mol. The van der Waals surface area contributed by atoms with E-state index in [0.717, 1.165) is 18.8 Å². The summed E-state index contributed by atoms with van der Waals surface area (Å²) in [5.41, 5.74) is 0.881. The van der Waals surface area contributed by atoms with Crippen molar-refractivity contribution in [2.45, 2.75) is 6.92 Å². The Balaban J connectivity index is 1.90. The number of nitrogens with one attached hydrogen (secondary N) is 1. The number of hydrogen-bond acceptors (Lipinski definition) is 2. The number of halogens is 1. The molecule has 1 N–H and O–H groups in total. The van der Waals surface area contributed by atoms with Gasteiger partial charge in [0.2, 0.25) is 5.91 Å². The quantitative estimate of drug-likeness (QED) is 0.806. The van der Waals surface area contributed by atoms with Crippen molar-refractivity contribution in [1.29, 1.82) is 0 Å². The summed E-state index contributed by atoms with van der Waals surface area (Å²) >= 11 is 11.3. The second-order valence-electron chi connectivity index (χ2n) is 4.43. The number of rotatable bonds is 1. The number of benzene rings is 1. The highest BCUT2D eigenvalue weighted by Gasteiger charge is 2.20. The number of nitrogens with zero attached hydrogens (tertiary/aromatic N) is 2. The van der Waals surface area contributed by atoms with Crippen LogP contribution in [0.2, 0.25) is 5.02 Å². The van der Waals surface area contributed by atoms with Crippen molar-refractivity contribution in [3.05, 3.63) is 29.3 Å². The van der Waals surface area contributed by atoms with Crippen molar-refractivity contribution in [3.8, 4) is 0 Å². The first kappa shape index (κ1) is 14.1. The summed E-state index contributed by atoms with van der Waals surface area (Å²) in [7, 11) is 0. The van der Waals surface area contributed by atoms with E-state index in [4.69, 9.17) is 23.8 Å². The van der Waals surface area contributed by atoms with Crippen molar-refractivity contribution in [3.63, 3.8) is 0 Å². The first-order valence-electron chi connectivity index (χ1n) is 6.13. The molecule has 0 spiro atoms. The first-order valence-corrected chi connectivity index (χ1v) is 6.92. The fourth-order valence-corrected chi connectivity index (χ4v) is 2.48. The lowest BCUT2D eigenvalue weighted by molar-refractivity contribution is -0.130. The van der Waals surface area contributed by atoms with Gasteiger partial charge in [0, 0.05) is 43.8 Å². The Labute approximate surface area is 123 Å².